The van der Waals surface area contributed by atoms with Gasteiger partial charge in [-0.25, -0.2) is 9.50 Å². The summed E-state index contributed by atoms with van der Waals surface area (Å²) in [5.74, 6) is 0.872. The van der Waals surface area contributed by atoms with E-state index in [1.807, 2.05) is 0 Å². The highest BCUT2D eigenvalue weighted by atomic mass is 16.5. The molecule has 0 radical (unpaired) electrons. The van der Waals surface area contributed by atoms with Gasteiger partial charge < -0.3 is 20.1 Å². The molecule has 5 rings (SSSR count). The van der Waals surface area contributed by atoms with E-state index < -0.39 is 0 Å². The second-order valence-electron chi connectivity index (χ2n) is 7.80. The van der Waals surface area contributed by atoms with Crippen LogP contribution in [0.1, 0.15) is 23.2 Å². The molecule has 4 aromatic rings. The number of rotatable bonds is 6. The summed E-state index contributed by atoms with van der Waals surface area (Å²) in [5, 5.41) is 10.1. The fourth-order valence-corrected chi connectivity index (χ4v) is 3.63. The molecule has 0 aliphatic carbocycles. The van der Waals surface area contributed by atoms with Crippen LogP contribution < -0.4 is 15.4 Å². The first kappa shape index (κ1) is 21.5. The Hall–Kier alpha value is -4.31. The molecule has 10 nitrogen and oxygen atoms in total. The van der Waals surface area contributed by atoms with Crippen molar-refractivity contribution in [1.82, 2.24) is 19.6 Å². The van der Waals surface area contributed by atoms with Gasteiger partial charge in [-0.05, 0) is 43.2 Å². The van der Waals surface area contributed by atoms with Gasteiger partial charge in [-0.2, -0.15) is 0 Å². The van der Waals surface area contributed by atoms with Crippen LogP contribution in [-0.4, -0.2) is 44.6 Å². The molecule has 34 heavy (non-hydrogen) atoms. The summed E-state index contributed by atoms with van der Waals surface area (Å²) in [4.78, 5) is 33.2. The number of hydrogen-bond donors (Lipinski definition) is 2. The van der Waals surface area contributed by atoms with Crippen LogP contribution in [0, 0.1) is 5.92 Å². The molecule has 0 atom stereocenters. The van der Waals surface area contributed by atoms with E-state index in [9.17, 15) is 9.59 Å². The summed E-state index contributed by atoms with van der Waals surface area (Å²) >= 11 is 0. The number of ether oxygens (including phenoxy) is 2. The lowest BCUT2D eigenvalue weighted by Crippen LogP contribution is -2.28. The monoisotopic (exact) mass is 458 g/mol. The molecule has 1 fully saturated rings. The normalized spacial score (nSPS) is 14.0. The Labute approximate surface area is 194 Å². The zero-order chi connectivity index (χ0) is 23.3. The van der Waals surface area contributed by atoms with Gasteiger partial charge in [-0.3, -0.25) is 14.6 Å². The maximum absolute atomic E-state index is 12.5. The summed E-state index contributed by atoms with van der Waals surface area (Å²) in [7, 11) is 0. The number of pyridine rings is 1. The Bertz CT molecular complexity index is 1320. The van der Waals surface area contributed by atoms with E-state index in [1.54, 1.807) is 65.4 Å². The maximum atomic E-state index is 12.5. The van der Waals surface area contributed by atoms with E-state index in [0.29, 0.717) is 60.4 Å². The molecule has 1 aliphatic rings. The fraction of sp³-hybridized carbons (Fsp3) is 0.208. The Morgan fingerprint density at radius 1 is 1.06 bits per heavy atom. The van der Waals surface area contributed by atoms with Gasteiger partial charge in [0.1, 0.15) is 5.75 Å². The Morgan fingerprint density at radius 2 is 1.94 bits per heavy atom. The van der Waals surface area contributed by atoms with E-state index in [4.69, 9.17) is 9.47 Å². The zero-order valence-electron chi connectivity index (χ0n) is 18.2. The van der Waals surface area contributed by atoms with Gasteiger partial charge in [-0.15, -0.1) is 5.10 Å². The molecule has 1 saturated heterocycles. The molecule has 4 heterocycles. The summed E-state index contributed by atoms with van der Waals surface area (Å²) in [6.45, 7) is 1.19. The minimum atomic E-state index is -0.265. The van der Waals surface area contributed by atoms with Crippen LogP contribution >= 0.6 is 0 Å². The molecule has 1 aromatic carbocycles. The van der Waals surface area contributed by atoms with Crippen molar-refractivity contribution < 1.29 is 19.1 Å². The van der Waals surface area contributed by atoms with E-state index >= 15 is 0 Å². The third-order valence-electron chi connectivity index (χ3n) is 5.38. The second kappa shape index (κ2) is 9.67. The molecule has 172 valence electrons. The van der Waals surface area contributed by atoms with Crippen LogP contribution in [0.25, 0.3) is 5.65 Å². The standard InChI is InChI=1S/C24H22N6O4/c31-23(16-8-11-33-12-9-16)28-20-15-30-21(27-20)6-7-22(29-30)34-19-5-1-4-18(13-19)26-24(32)17-3-2-10-25-14-17/h1-7,10,13-16H,8-9,11-12H2,(H,26,32)(H,28,31). The Morgan fingerprint density at radius 3 is 2.76 bits per heavy atom. The van der Waals surface area contributed by atoms with Crippen molar-refractivity contribution in [2.24, 2.45) is 5.92 Å². The Balaban J connectivity index is 1.26. The number of imidazole rings is 1. The van der Waals surface area contributed by atoms with Gasteiger partial charge in [0.25, 0.3) is 5.91 Å². The quantitative estimate of drug-likeness (QED) is 0.453. The lowest BCUT2D eigenvalue weighted by atomic mass is 10.00. The van der Waals surface area contributed by atoms with Crippen LogP contribution in [0.5, 0.6) is 11.6 Å². The molecule has 1 aliphatic heterocycles. The predicted molar refractivity (Wildman–Crippen MR) is 124 cm³/mol. The average molecular weight is 458 g/mol. The molecule has 3 aromatic heterocycles. The minimum Gasteiger partial charge on any atom is -0.438 e. The van der Waals surface area contributed by atoms with Crippen molar-refractivity contribution in [2.75, 3.05) is 23.8 Å². The third-order valence-corrected chi connectivity index (χ3v) is 5.38. The van der Waals surface area contributed by atoms with Crippen molar-refractivity contribution >= 4 is 29.0 Å². The van der Waals surface area contributed by atoms with Gasteiger partial charge in [0.15, 0.2) is 11.5 Å². The highest BCUT2D eigenvalue weighted by molar-refractivity contribution is 6.04. The summed E-state index contributed by atoms with van der Waals surface area (Å²) < 4.78 is 12.7. The summed E-state index contributed by atoms with van der Waals surface area (Å²) in [6.07, 6.45) is 6.16. The van der Waals surface area contributed by atoms with Crippen LogP contribution in [0.15, 0.2) is 67.1 Å². The number of fused-ring (bicyclic) bond motifs is 1. The van der Waals surface area contributed by atoms with Crippen LogP contribution in [0.3, 0.4) is 0 Å². The smallest absolute Gasteiger partial charge is 0.257 e. The van der Waals surface area contributed by atoms with Crippen LogP contribution in [-0.2, 0) is 9.53 Å². The molecule has 10 heteroatoms. The van der Waals surface area contributed by atoms with Crippen molar-refractivity contribution in [3.8, 4) is 11.6 Å². The molecule has 0 bridgehead atoms. The first-order valence-corrected chi connectivity index (χ1v) is 10.9. The fourth-order valence-electron chi connectivity index (χ4n) is 3.63. The van der Waals surface area contributed by atoms with Gasteiger partial charge in [0, 0.05) is 49.3 Å². The van der Waals surface area contributed by atoms with Crippen LogP contribution in [0.2, 0.25) is 0 Å². The van der Waals surface area contributed by atoms with Crippen LogP contribution in [0.4, 0.5) is 11.5 Å². The van der Waals surface area contributed by atoms with E-state index in [-0.39, 0.29) is 17.7 Å². The lowest BCUT2D eigenvalue weighted by Gasteiger charge is -2.20. The molecule has 0 spiro atoms. The molecule has 2 amide bonds. The molecule has 0 unspecified atom stereocenters. The zero-order valence-corrected chi connectivity index (χ0v) is 18.2. The highest BCUT2D eigenvalue weighted by Gasteiger charge is 2.22. The number of hydrogen-bond acceptors (Lipinski definition) is 7. The number of carbonyl (C=O) groups excluding carboxylic acids is 2. The van der Waals surface area contributed by atoms with Crippen molar-refractivity contribution in [2.45, 2.75) is 12.8 Å². The highest BCUT2D eigenvalue weighted by Crippen LogP contribution is 2.24. The number of carbonyl (C=O) groups is 2. The number of anilines is 2. The SMILES string of the molecule is O=C(Nc1cccc(Oc2ccc3nc(NC(=O)C4CCOCC4)cn3n2)c1)c1cccnc1. The topological polar surface area (TPSA) is 120 Å². The van der Waals surface area contributed by atoms with Crippen molar-refractivity contribution in [3.63, 3.8) is 0 Å². The van der Waals surface area contributed by atoms with Gasteiger partial charge in [0.2, 0.25) is 11.8 Å². The number of aromatic nitrogens is 4. The maximum Gasteiger partial charge on any atom is 0.257 e. The third kappa shape index (κ3) is 5.02. The van der Waals surface area contributed by atoms with E-state index in [2.05, 4.69) is 25.7 Å². The first-order valence-electron chi connectivity index (χ1n) is 10.9. The van der Waals surface area contributed by atoms with E-state index in [1.165, 1.54) is 6.20 Å². The molecule has 2 N–H and O–H groups in total. The van der Waals surface area contributed by atoms with Crippen molar-refractivity contribution in [1.29, 1.82) is 0 Å². The van der Waals surface area contributed by atoms with Gasteiger partial charge in [-0.1, -0.05) is 6.07 Å². The number of nitrogens with one attached hydrogen (secondary N) is 2. The molecular formula is C24H22N6O4. The predicted octanol–water partition coefficient (Wildman–Crippen LogP) is 3.53. The number of benzene rings is 1. The molecule has 0 saturated carbocycles. The minimum absolute atomic E-state index is 0.0617. The van der Waals surface area contributed by atoms with E-state index in [0.717, 1.165) is 0 Å². The van der Waals surface area contributed by atoms with Gasteiger partial charge >= 0.3 is 0 Å². The molecular weight excluding hydrogens is 436 g/mol. The summed E-state index contributed by atoms with van der Waals surface area (Å²) in [5.41, 5.74) is 1.61. The largest absolute Gasteiger partial charge is 0.438 e. The number of amides is 2. The van der Waals surface area contributed by atoms with Crippen molar-refractivity contribution in [3.05, 3.63) is 72.7 Å². The second-order valence-corrected chi connectivity index (χ2v) is 7.80. The number of nitrogens with zero attached hydrogens (tertiary/aromatic N) is 4. The lowest BCUT2D eigenvalue weighted by molar-refractivity contribution is -0.122. The summed E-state index contributed by atoms with van der Waals surface area (Å²) in [6, 6.07) is 13.8. The van der Waals surface area contributed by atoms with Gasteiger partial charge in [0.05, 0.1) is 11.8 Å². The Kier molecular flexibility index (Phi) is 6.13. The first-order chi connectivity index (χ1) is 16.6. The average Bonchev–Trinajstić information content (AvgIpc) is 3.27.